The fourth-order valence-electron chi connectivity index (χ4n) is 3.34. The second-order valence-electron chi connectivity index (χ2n) is 5.66. The lowest BCUT2D eigenvalue weighted by Gasteiger charge is -2.35. The molecule has 0 spiro atoms. The molecule has 0 saturated carbocycles. The molecule has 0 bridgehead atoms. The van der Waals surface area contributed by atoms with E-state index in [0.29, 0.717) is 6.04 Å². The topological polar surface area (TPSA) is 15.3 Å². The van der Waals surface area contributed by atoms with E-state index in [1.54, 1.807) is 0 Å². The summed E-state index contributed by atoms with van der Waals surface area (Å²) in [4.78, 5) is 2.65. The van der Waals surface area contributed by atoms with Gasteiger partial charge < -0.3 is 5.32 Å². The molecule has 1 saturated heterocycles. The van der Waals surface area contributed by atoms with Crippen molar-refractivity contribution in [1.29, 1.82) is 0 Å². The molecule has 20 heavy (non-hydrogen) atoms. The van der Waals surface area contributed by atoms with Gasteiger partial charge in [-0.25, -0.2) is 0 Å². The number of hydrogen-bond acceptors (Lipinski definition) is 2. The Kier molecular flexibility index (Phi) is 4.34. The van der Waals surface area contributed by atoms with Gasteiger partial charge in [0.25, 0.3) is 0 Å². The van der Waals surface area contributed by atoms with Crippen molar-refractivity contribution in [2.24, 2.45) is 0 Å². The first-order valence-corrected chi connectivity index (χ1v) is 7.82. The Labute approximate surface area is 121 Å². The minimum absolute atomic E-state index is 0.563. The standard InChI is InChI=1S/C18H24N2/c1-2-6-18(20-13-11-19-12-14-20)17-10-5-8-15-7-3-4-9-16(15)17/h3-5,7-10,18-19H,2,6,11-14H2,1H3/t18-/m1/s1. The molecule has 2 heteroatoms. The van der Waals surface area contributed by atoms with Crippen LogP contribution in [0.5, 0.6) is 0 Å². The third-order valence-corrected chi connectivity index (χ3v) is 4.34. The van der Waals surface area contributed by atoms with Gasteiger partial charge in [-0.15, -0.1) is 0 Å². The molecule has 1 heterocycles. The summed E-state index contributed by atoms with van der Waals surface area (Å²) in [6, 6.07) is 16.1. The molecule has 2 aromatic rings. The van der Waals surface area contributed by atoms with Crippen molar-refractivity contribution in [2.45, 2.75) is 25.8 Å². The number of benzene rings is 2. The van der Waals surface area contributed by atoms with Crippen LogP contribution in [0.25, 0.3) is 10.8 Å². The fraction of sp³-hybridized carbons (Fsp3) is 0.444. The summed E-state index contributed by atoms with van der Waals surface area (Å²) in [6.45, 7) is 6.85. The molecular formula is C18H24N2. The molecule has 2 aromatic carbocycles. The van der Waals surface area contributed by atoms with Gasteiger partial charge in [-0.1, -0.05) is 55.8 Å². The second-order valence-corrected chi connectivity index (χ2v) is 5.66. The molecule has 106 valence electrons. The molecule has 1 atom stereocenters. The predicted octanol–water partition coefficient (Wildman–Crippen LogP) is 3.59. The van der Waals surface area contributed by atoms with Crippen LogP contribution < -0.4 is 5.32 Å². The van der Waals surface area contributed by atoms with Crippen molar-refractivity contribution in [2.75, 3.05) is 26.2 Å². The molecule has 0 aromatic heterocycles. The molecule has 3 rings (SSSR count). The largest absolute Gasteiger partial charge is 0.314 e. The summed E-state index contributed by atoms with van der Waals surface area (Å²) in [5, 5.41) is 6.24. The van der Waals surface area contributed by atoms with Crippen LogP contribution in [-0.4, -0.2) is 31.1 Å². The Bertz CT molecular complexity index is 553. The van der Waals surface area contributed by atoms with E-state index in [2.05, 4.69) is 59.6 Å². The quantitative estimate of drug-likeness (QED) is 0.911. The lowest BCUT2D eigenvalue weighted by molar-refractivity contribution is 0.165. The maximum Gasteiger partial charge on any atom is 0.0355 e. The Morgan fingerprint density at radius 3 is 2.60 bits per heavy atom. The first kappa shape index (κ1) is 13.6. The van der Waals surface area contributed by atoms with Crippen molar-refractivity contribution in [3.8, 4) is 0 Å². The van der Waals surface area contributed by atoms with Crippen molar-refractivity contribution >= 4 is 10.8 Å². The van der Waals surface area contributed by atoms with Crippen LogP contribution >= 0.6 is 0 Å². The monoisotopic (exact) mass is 268 g/mol. The number of hydrogen-bond donors (Lipinski definition) is 1. The normalized spacial score (nSPS) is 18.2. The number of piperazine rings is 1. The number of nitrogens with one attached hydrogen (secondary N) is 1. The van der Waals surface area contributed by atoms with Crippen molar-refractivity contribution in [3.63, 3.8) is 0 Å². The molecular weight excluding hydrogens is 244 g/mol. The molecule has 0 aliphatic carbocycles. The van der Waals surface area contributed by atoms with Gasteiger partial charge in [-0.3, -0.25) is 4.90 Å². The zero-order valence-corrected chi connectivity index (χ0v) is 12.3. The Morgan fingerprint density at radius 1 is 1.05 bits per heavy atom. The van der Waals surface area contributed by atoms with Crippen LogP contribution in [0.15, 0.2) is 42.5 Å². The summed E-state index contributed by atoms with van der Waals surface area (Å²) >= 11 is 0. The molecule has 0 unspecified atom stereocenters. The van der Waals surface area contributed by atoms with Crippen LogP contribution in [0.4, 0.5) is 0 Å². The molecule has 1 aliphatic rings. The maximum absolute atomic E-state index is 3.46. The fourth-order valence-corrected chi connectivity index (χ4v) is 3.34. The van der Waals surface area contributed by atoms with Gasteiger partial charge in [0.15, 0.2) is 0 Å². The smallest absolute Gasteiger partial charge is 0.0355 e. The van der Waals surface area contributed by atoms with Gasteiger partial charge in [0.1, 0.15) is 0 Å². The van der Waals surface area contributed by atoms with Gasteiger partial charge in [0, 0.05) is 32.2 Å². The van der Waals surface area contributed by atoms with Crippen LogP contribution in [0.3, 0.4) is 0 Å². The zero-order valence-electron chi connectivity index (χ0n) is 12.3. The van der Waals surface area contributed by atoms with Gasteiger partial charge >= 0.3 is 0 Å². The minimum atomic E-state index is 0.563. The summed E-state index contributed by atoms with van der Waals surface area (Å²) in [5.74, 6) is 0. The van der Waals surface area contributed by atoms with E-state index in [1.807, 2.05) is 0 Å². The summed E-state index contributed by atoms with van der Waals surface area (Å²) in [7, 11) is 0. The molecule has 2 nitrogen and oxygen atoms in total. The van der Waals surface area contributed by atoms with Gasteiger partial charge in [0.2, 0.25) is 0 Å². The third kappa shape index (κ3) is 2.72. The summed E-state index contributed by atoms with van der Waals surface area (Å²) in [5.41, 5.74) is 1.51. The molecule has 1 N–H and O–H groups in total. The van der Waals surface area contributed by atoms with Gasteiger partial charge in [0.05, 0.1) is 0 Å². The Morgan fingerprint density at radius 2 is 1.80 bits per heavy atom. The second kappa shape index (κ2) is 6.38. The van der Waals surface area contributed by atoms with Crippen molar-refractivity contribution in [1.82, 2.24) is 10.2 Å². The van der Waals surface area contributed by atoms with E-state index in [0.717, 1.165) is 26.2 Å². The Balaban J connectivity index is 2.00. The average Bonchev–Trinajstić information content (AvgIpc) is 2.53. The number of nitrogens with zero attached hydrogens (tertiary/aromatic N) is 1. The number of fused-ring (bicyclic) bond motifs is 1. The first-order chi connectivity index (χ1) is 9.90. The molecule has 1 fully saturated rings. The highest BCUT2D eigenvalue weighted by Crippen LogP contribution is 2.31. The van der Waals surface area contributed by atoms with E-state index in [4.69, 9.17) is 0 Å². The van der Waals surface area contributed by atoms with Crippen LogP contribution in [0, 0.1) is 0 Å². The maximum atomic E-state index is 3.46. The van der Waals surface area contributed by atoms with E-state index in [1.165, 1.54) is 29.2 Å². The van der Waals surface area contributed by atoms with Crippen LogP contribution in [0.2, 0.25) is 0 Å². The predicted molar refractivity (Wildman–Crippen MR) is 86.0 cm³/mol. The minimum Gasteiger partial charge on any atom is -0.314 e. The van der Waals surface area contributed by atoms with Gasteiger partial charge in [-0.2, -0.15) is 0 Å². The molecule has 0 radical (unpaired) electrons. The van der Waals surface area contributed by atoms with E-state index in [9.17, 15) is 0 Å². The van der Waals surface area contributed by atoms with Crippen LogP contribution in [-0.2, 0) is 0 Å². The van der Waals surface area contributed by atoms with Gasteiger partial charge in [-0.05, 0) is 22.8 Å². The summed E-state index contributed by atoms with van der Waals surface area (Å²) in [6.07, 6.45) is 2.48. The highest BCUT2D eigenvalue weighted by atomic mass is 15.2. The molecule has 0 amide bonds. The third-order valence-electron chi connectivity index (χ3n) is 4.34. The SMILES string of the molecule is CCC[C@H](c1cccc2ccccc12)N1CCNCC1. The van der Waals surface area contributed by atoms with E-state index < -0.39 is 0 Å². The first-order valence-electron chi connectivity index (χ1n) is 7.82. The van der Waals surface area contributed by atoms with Crippen molar-refractivity contribution in [3.05, 3.63) is 48.0 Å². The highest BCUT2D eigenvalue weighted by Gasteiger charge is 2.22. The lowest BCUT2D eigenvalue weighted by Crippen LogP contribution is -2.45. The van der Waals surface area contributed by atoms with Crippen molar-refractivity contribution < 1.29 is 0 Å². The average molecular weight is 268 g/mol. The zero-order chi connectivity index (χ0) is 13.8. The molecule has 1 aliphatic heterocycles. The van der Waals surface area contributed by atoms with Crippen LogP contribution in [0.1, 0.15) is 31.4 Å². The van der Waals surface area contributed by atoms with E-state index >= 15 is 0 Å². The summed E-state index contributed by atoms with van der Waals surface area (Å²) < 4.78 is 0. The Hall–Kier alpha value is -1.38. The number of rotatable bonds is 4. The van der Waals surface area contributed by atoms with E-state index in [-0.39, 0.29) is 0 Å². The highest BCUT2D eigenvalue weighted by molar-refractivity contribution is 5.86. The lowest BCUT2D eigenvalue weighted by atomic mass is 9.94.